The van der Waals surface area contributed by atoms with Gasteiger partial charge in [0.15, 0.2) is 6.61 Å². The van der Waals surface area contributed by atoms with E-state index in [1.165, 1.54) is 0 Å². The van der Waals surface area contributed by atoms with Crippen LogP contribution in [0.4, 0.5) is 0 Å². The predicted octanol–water partition coefficient (Wildman–Crippen LogP) is 2.39. The lowest BCUT2D eigenvalue weighted by Crippen LogP contribution is -2.32. The van der Waals surface area contributed by atoms with Crippen LogP contribution in [0.2, 0.25) is 0 Å². The largest absolute Gasteiger partial charge is 0.483 e. The third-order valence-corrected chi connectivity index (χ3v) is 2.67. The maximum absolute atomic E-state index is 11.6. The lowest BCUT2D eigenvalue weighted by Gasteiger charge is -2.12. The number of para-hydroxylation sites is 1. The van der Waals surface area contributed by atoms with Gasteiger partial charge in [-0.25, -0.2) is 0 Å². The summed E-state index contributed by atoms with van der Waals surface area (Å²) in [5.41, 5.74) is 3.03. The molecule has 0 aliphatic carbocycles. The molecule has 1 amide bonds. The standard InChI is InChI=1S/C16H23NO3/c1-12(2)10-19-9-8-17-15(18)11-20-16-13(3)6-5-7-14(16)4/h5-7H,1,8-11H2,2-4H3,(H,17,18). The lowest BCUT2D eigenvalue weighted by molar-refractivity contribution is -0.123. The Kier molecular flexibility index (Phi) is 6.81. The maximum Gasteiger partial charge on any atom is 0.258 e. The van der Waals surface area contributed by atoms with Gasteiger partial charge in [-0.1, -0.05) is 30.4 Å². The Hall–Kier alpha value is -1.81. The van der Waals surface area contributed by atoms with E-state index in [1.54, 1.807) is 0 Å². The topological polar surface area (TPSA) is 47.6 Å². The van der Waals surface area contributed by atoms with Crippen molar-refractivity contribution in [2.24, 2.45) is 0 Å². The summed E-state index contributed by atoms with van der Waals surface area (Å²) in [5, 5.41) is 2.75. The molecule has 4 nitrogen and oxygen atoms in total. The zero-order valence-corrected chi connectivity index (χ0v) is 12.5. The molecule has 0 unspecified atom stereocenters. The molecule has 0 atom stereocenters. The quantitative estimate of drug-likeness (QED) is 0.586. The molecule has 20 heavy (non-hydrogen) atoms. The average molecular weight is 277 g/mol. The van der Waals surface area contributed by atoms with E-state index in [-0.39, 0.29) is 12.5 Å². The first-order valence-electron chi connectivity index (χ1n) is 6.68. The number of carbonyl (C=O) groups excluding carboxylic acids is 1. The van der Waals surface area contributed by atoms with Crippen LogP contribution < -0.4 is 10.1 Å². The number of benzene rings is 1. The normalized spacial score (nSPS) is 10.2. The van der Waals surface area contributed by atoms with Gasteiger partial charge in [0, 0.05) is 6.54 Å². The highest BCUT2D eigenvalue weighted by molar-refractivity contribution is 5.77. The molecule has 1 aromatic rings. The van der Waals surface area contributed by atoms with E-state index in [2.05, 4.69) is 11.9 Å². The summed E-state index contributed by atoms with van der Waals surface area (Å²) < 4.78 is 10.8. The van der Waals surface area contributed by atoms with E-state index in [0.717, 1.165) is 22.4 Å². The molecule has 0 fully saturated rings. The van der Waals surface area contributed by atoms with Crippen LogP contribution in [0.15, 0.2) is 30.4 Å². The van der Waals surface area contributed by atoms with Gasteiger partial charge in [0.1, 0.15) is 5.75 Å². The van der Waals surface area contributed by atoms with Crippen molar-refractivity contribution in [3.05, 3.63) is 41.5 Å². The van der Waals surface area contributed by atoms with Crippen molar-refractivity contribution in [3.8, 4) is 5.75 Å². The van der Waals surface area contributed by atoms with Gasteiger partial charge in [-0.2, -0.15) is 0 Å². The molecule has 1 N–H and O–H groups in total. The Morgan fingerprint density at radius 1 is 1.25 bits per heavy atom. The molecule has 0 saturated carbocycles. The van der Waals surface area contributed by atoms with Gasteiger partial charge in [0.25, 0.3) is 5.91 Å². The first kappa shape index (κ1) is 16.2. The first-order chi connectivity index (χ1) is 9.50. The number of ether oxygens (including phenoxy) is 2. The van der Waals surface area contributed by atoms with Crippen molar-refractivity contribution in [2.75, 3.05) is 26.4 Å². The third kappa shape index (κ3) is 5.89. The van der Waals surface area contributed by atoms with Crippen LogP contribution in [0.25, 0.3) is 0 Å². The van der Waals surface area contributed by atoms with E-state index in [9.17, 15) is 4.79 Å². The molecule has 4 heteroatoms. The van der Waals surface area contributed by atoms with Crippen molar-refractivity contribution in [1.29, 1.82) is 0 Å². The van der Waals surface area contributed by atoms with Crippen molar-refractivity contribution in [3.63, 3.8) is 0 Å². The zero-order valence-electron chi connectivity index (χ0n) is 12.5. The Bertz CT molecular complexity index is 449. The number of nitrogens with one attached hydrogen (secondary N) is 1. The molecule has 0 heterocycles. The highest BCUT2D eigenvalue weighted by atomic mass is 16.5. The smallest absolute Gasteiger partial charge is 0.258 e. The Morgan fingerprint density at radius 2 is 1.90 bits per heavy atom. The molecule has 0 aromatic heterocycles. The summed E-state index contributed by atoms with van der Waals surface area (Å²) >= 11 is 0. The van der Waals surface area contributed by atoms with Gasteiger partial charge in [0.05, 0.1) is 13.2 Å². The maximum atomic E-state index is 11.6. The summed E-state index contributed by atoms with van der Waals surface area (Å²) in [6.45, 7) is 11.1. The first-order valence-corrected chi connectivity index (χ1v) is 6.68. The van der Waals surface area contributed by atoms with Crippen LogP contribution in [-0.4, -0.2) is 32.3 Å². The fourth-order valence-electron chi connectivity index (χ4n) is 1.72. The number of amides is 1. The molecule has 0 spiro atoms. The van der Waals surface area contributed by atoms with Gasteiger partial charge in [-0.3, -0.25) is 4.79 Å². The van der Waals surface area contributed by atoms with E-state index >= 15 is 0 Å². The van der Waals surface area contributed by atoms with Gasteiger partial charge in [-0.15, -0.1) is 0 Å². The minimum absolute atomic E-state index is 0.0200. The van der Waals surface area contributed by atoms with Crippen LogP contribution in [0.3, 0.4) is 0 Å². The summed E-state index contributed by atoms with van der Waals surface area (Å²) in [5.74, 6) is 0.632. The number of rotatable bonds is 8. The van der Waals surface area contributed by atoms with Crippen LogP contribution in [0.1, 0.15) is 18.1 Å². The SMILES string of the molecule is C=C(C)COCCNC(=O)COc1c(C)cccc1C. The van der Waals surface area contributed by atoms with Crippen molar-refractivity contribution >= 4 is 5.91 Å². The highest BCUT2D eigenvalue weighted by Gasteiger charge is 2.06. The van der Waals surface area contributed by atoms with Crippen LogP contribution in [0, 0.1) is 13.8 Å². The van der Waals surface area contributed by atoms with Crippen LogP contribution in [-0.2, 0) is 9.53 Å². The second kappa shape index (κ2) is 8.38. The second-order valence-electron chi connectivity index (χ2n) is 4.87. The number of hydrogen-bond donors (Lipinski definition) is 1. The van der Waals surface area contributed by atoms with Gasteiger partial charge >= 0.3 is 0 Å². The summed E-state index contributed by atoms with van der Waals surface area (Å²) in [7, 11) is 0. The number of carbonyl (C=O) groups is 1. The predicted molar refractivity (Wildman–Crippen MR) is 80.1 cm³/mol. The van der Waals surface area contributed by atoms with Gasteiger partial charge in [-0.05, 0) is 31.9 Å². The van der Waals surface area contributed by atoms with E-state index < -0.39 is 0 Å². The molecular weight excluding hydrogens is 254 g/mol. The van der Waals surface area contributed by atoms with Crippen LogP contribution in [0.5, 0.6) is 5.75 Å². The van der Waals surface area contributed by atoms with Gasteiger partial charge < -0.3 is 14.8 Å². The number of hydrogen-bond acceptors (Lipinski definition) is 3. The molecule has 0 aliphatic rings. The lowest BCUT2D eigenvalue weighted by atomic mass is 10.1. The van der Waals surface area contributed by atoms with Crippen LogP contribution >= 0.6 is 0 Å². The number of aryl methyl sites for hydroxylation is 2. The summed E-state index contributed by atoms with van der Waals surface area (Å²) in [4.78, 5) is 11.6. The minimum Gasteiger partial charge on any atom is -0.483 e. The average Bonchev–Trinajstić information content (AvgIpc) is 2.37. The molecular formula is C16H23NO3. The van der Waals surface area contributed by atoms with Crippen molar-refractivity contribution in [2.45, 2.75) is 20.8 Å². The molecule has 0 aliphatic heterocycles. The molecule has 1 rings (SSSR count). The Labute approximate surface area is 120 Å². The van der Waals surface area contributed by atoms with E-state index in [1.807, 2.05) is 39.0 Å². The molecule has 1 aromatic carbocycles. The second-order valence-corrected chi connectivity index (χ2v) is 4.87. The fourth-order valence-corrected chi connectivity index (χ4v) is 1.72. The molecule has 0 saturated heterocycles. The van der Waals surface area contributed by atoms with Gasteiger partial charge in [0.2, 0.25) is 0 Å². The molecule has 0 bridgehead atoms. The zero-order chi connectivity index (χ0) is 15.0. The summed E-state index contributed by atoms with van der Waals surface area (Å²) in [6.07, 6.45) is 0. The summed E-state index contributed by atoms with van der Waals surface area (Å²) in [6, 6.07) is 5.90. The Morgan fingerprint density at radius 3 is 2.50 bits per heavy atom. The molecule has 0 radical (unpaired) electrons. The minimum atomic E-state index is -0.147. The van der Waals surface area contributed by atoms with Crippen molar-refractivity contribution in [1.82, 2.24) is 5.32 Å². The van der Waals surface area contributed by atoms with E-state index in [0.29, 0.717) is 19.8 Å². The molecule has 110 valence electrons. The van der Waals surface area contributed by atoms with Crippen molar-refractivity contribution < 1.29 is 14.3 Å². The highest BCUT2D eigenvalue weighted by Crippen LogP contribution is 2.21. The Balaban J connectivity index is 2.25. The third-order valence-electron chi connectivity index (χ3n) is 2.67. The monoisotopic (exact) mass is 277 g/mol. The fraction of sp³-hybridized carbons (Fsp3) is 0.438. The van der Waals surface area contributed by atoms with E-state index in [4.69, 9.17) is 9.47 Å².